The number of halogens is 1. The van der Waals surface area contributed by atoms with E-state index < -0.39 is 0 Å². The second-order valence-corrected chi connectivity index (χ2v) is 1.22. The van der Waals surface area contributed by atoms with Crippen LogP contribution in [0, 0.1) is 0 Å². The van der Waals surface area contributed by atoms with Gasteiger partial charge in [0.25, 0.3) is 0 Å². The number of aliphatic imine (C=N–C) groups is 1. The van der Waals surface area contributed by atoms with E-state index in [4.69, 9.17) is 0 Å². The molecule has 7 heavy (non-hydrogen) atoms. The van der Waals surface area contributed by atoms with E-state index in [9.17, 15) is 0 Å². The molecule has 0 aromatic carbocycles. The quantitative estimate of drug-likeness (QED) is 0.238. The van der Waals surface area contributed by atoms with E-state index in [2.05, 4.69) is 13.7 Å². The molecule has 0 spiro atoms. The Morgan fingerprint density at radius 2 is 2.43 bits per heavy atom. The number of hydrogen-bond donors (Lipinski definition) is 1. The van der Waals surface area contributed by atoms with Crippen molar-refractivity contribution in [3.05, 3.63) is 0 Å². The number of hydrogen-bond acceptors (Lipinski definition) is 2. The predicted octanol–water partition coefficient (Wildman–Crippen LogP) is 0.960. The van der Waals surface area contributed by atoms with Gasteiger partial charge in [-0.3, -0.25) is 0 Å². The molecule has 0 bridgehead atoms. The van der Waals surface area contributed by atoms with E-state index in [-0.39, 0.29) is 0 Å². The van der Waals surface area contributed by atoms with Gasteiger partial charge in [-0.05, 0) is 6.92 Å². The Morgan fingerprint density at radius 1 is 1.71 bits per heavy atom. The molecule has 0 rings (SSSR count). The number of hydrazone groups is 1. The molecule has 4 heteroatoms. The topological polar surface area (TPSA) is 36.8 Å². The molecular weight excluding hydrogens is 205 g/mol. The maximum absolute atomic E-state index is 3.68. The Hall–Kier alpha value is -0.130. The van der Waals surface area contributed by atoms with Gasteiger partial charge in [-0.15, -0.1) is 0 Å². The minimum absolute atomic E-state index is 1.44. The summed E-state index contributed by atoms with van der Waals surface area (Å²) in [6.45, 7) is 1.83. The minimum Gasteiger partial charge on any atom is -0.248 e. The van der Waals surface area contributed by atoms with E-state index >= 15 is 0 Å². The van der Waals surface area contributed by atoms with Crippen LogP contribution in [0.5, 0.6) is 0 Å². The lowest BCUT2D eigenvalue weighted by Gasteiger charge is -1.74. The second-order valence-electron chi connectivity index (χ2n) is 0.736. The summed E-state index contributed by atoms with van der Waals surface area (Å²) in [6, 6.07) is 0. The molecule has 3 nitrogen and oxygen atoms in total. The Labute approximate surface area is 56.4 Å². The van der Waals surface area contributed by atoms with Crippen molar-refractivity contribution in [3.8, 4) is 0 Å². The van der Waals surface area contributed by atoms with Crippen LogP contribution in [-0.4, -0.2) is 12.6 Å². The molecule has 0 unspecified atom stereocenters. The summed E-state index contributed by atoms with van der Waals surface area (Å²) in [5.74, 6) is 0. The van der Waals surface area contributed by atoms with Gasteiger partial charge < -0.3 is 0 Å². The average molecular weight is 211 g/mol. The molecule has 0 atom stereocenters. The van der Waals surface area contributed by atoms with Gasteiger partial charge in [-0.2, -0.15) is 5.10 Å². The van der Waals surface area contributed by atoms with Gasteiger partial charge >= 0.3 is 0 Å². The van der Waals surface area contributed by atoms with Crippen molar-refractivity contribution in [2.75, 3.05) is 0 Å². The van der Waals surface area contributed by atoms with Gasteiger partial charge in [0.15, 0.2) is 0 Å². The van der Waals surface area contributed by atoms with Crippen LogP contribution in [0.25, 0.3) is 0 Å². The molecule has 0 saturated carbocycles. The molecule has 0 radical (unpaired) electrons. The van der Waals surface area contributed by atoms with Crippen molar-refractivity contribution in [3.63, 3.8) is 0 Å². The predicted molar refractivity (Wildman–Crippen MR) is 39.8 cm³/mol. The maximum Gasteiger partial charge on any atom is 0.135 e. The number of nitrogens with zero attached hydrogens (tertiary/aromatic N) is 2. The van der Waals surface area contributed by atoms with Crippen molar-refractivity contribution in [2.45, 2.75) is 6.92 Å². The lowest BCUT2D eigenvalue weighted by Crippen LogP contribution is -1.80. The lowest BCUT2D eigenvalue weighted by atomic mass is 10.9. The molecule has 0 saturated heterocycles. The molecule has 0 aromatic heterocycles. The lowest BCUT2D eigenvalue weighted by molar-refractivity contribution is 1.17. The highest BCUT2D eigenvalue weighted by atomic mass is 127. The first-order chi connectivity index (χ1) is 3.41. The van der Waals surface area contributed by atoms with Crippen LogP contribution >= 0.6 is 22.9 Å². The zero-order chi connectivity index (χ0) is 5.54. The molecule has 0 aromatic rings. The zero-order valence-corrected chi connectivity index (χ0v) is 6.08. The van der Waals surface area contributed by atoms with Crippen molar-refractivity contribution < 1.29 is 0 Å². The first kappa shape index (κ1) is 6.87. The first-order valence-corrected chi connectivity index (χ1v) is 2.84. The highest BCUT2D eigenvalue weighted by Gasteiger charge is 1.55. The summed E-state index contributed by atoms with van der Waals surface area (Å²) in [5.41, 5.74) is 0. The highest BCUT2D eigenvalue weighted by Crippen LogP contribution is 1.65. The van der Waals surface area contributed by atoms with E-state index in [0.29, 0.717) is 0 Å². The minimum atomic E-state index is 1.44. The fraction of sp³-hybridized carbons (Fsp3) is 0.333. The van der Waals surface area contributed by atoms with Crippen LogP contribution in [0.15, 0.2) is 10.1 Å². The van der Waals surface area contributed by atoms with Crippen LogP contribution in [0.1, 0.15) is 6.92 Å². The Kier molecular flexibility index (Phi) is 5.76. The summed E-state index contributed by atoms with van der Waals surface area (Å²) < 4.78 is 2.53. The molecular formula is C3H6IN3. The van der Waals surface area contributed by atoms with Crippen LogP contribution in [0.4, 0.5) is 0 Å². The zero-order valence-electron chi connectivity index (χ0n) is 3.93. The summed E-state index contributed by atoms with van der Waals surface area (Å²) >= 11 is 1.91. The van der Waals surface area contributed by atoms with Gasteiger partial charge in [0.1, 0.15) is 6.34 Å². The van der Waals surface area contributed by atoms with Crippen molar-refractivity contribution >= 4 is 35.4 Å². The van der Waals surface area contributed by atoms with Gasteiger partial charge in [-0.1, -0.05) is 0 Å². The molecule has 0 aliphatic rings. The number of rotatable bonds is 2. The summed E-state index contributed by atoms with van der Waals surface area (Å²) in [4.78, 5) is 3.68. The Bertz CT molecular complexity index is 78.2. The largest absolute Gasteiger partial charge is 0.248 e. The molecule has 1 N–H and O–H groups in total. The third-order valence-corrected chi connectivity index (χ3v) is 0.601. The SMILES string of the molecule is CC=N/C=N\NI. The van der Waals surface area contributed by atoms with Crippen molar-refractivity contribution in [2.24, 2.45) is 10.1 Å². The summed E-state index contributed by atoms with van der Waals surface area (Å²) in [6.07, 6.45) is 3.10. The van der Waals surface area contributed by atoms with E-state index in [0.717, 1.165) is 0 Å². The van der Waals surface area contributed by atoms with Gasteiger partial charge in [0.05, 0.1) is 22.9 Å². The van der Waals surface area contributed by atoms with Crippen molar-refractivity contribution in [1.82, 2.24) is 3.64 Å². The molecule has 40 valence electrons. The first-order valence-electron chi connectivity index (χ1n) is 1.76. The van der Waals surface area contributed by atoms with Crippen LogP contribution in [0.2, 0.25) is 0 Å². The average Bonchev–Trinajstić information content (AvgIpc) is 1.69. The second kappa shape index (κ2) is 5.87. The Balaban J connectivity index is 3.09. The van der Waals surface area contributed by atoms with E-state index in [1.807, 2.05) is 29.8 Å². The monoisotopic (exact) mass is 211 g/mol. The third-order valence-electron chi connectivity index (χ3n) is 0.322. The summed E-state index contributed by atoms with van der Waals surface area (Å²) in [5, 5.41) is 3.58. The fourth-order valence-corrected chi connectivity index (χ4v) is 0.246. The smallest absolute Gasteiger partial charge is 0.135 e. The molecule has 0 aliphatic carbocycles. The molecule has 0 heterocycles. The van der Waals surface area contributed by atoms with Crippen LogP contribution in [0.3, 0.4) is 0 Å². The molecule has 0 amide bonds. The van der Waals surface area contributed by atoms with Gasteiger partial charge in [0, 0.05) is 6.21 Å². The fourth-order valence-electron chi connectivity index (χ4n) is 0.122. The normalized spacial score (nSPS) is 11.1. The van der Waals surface area contributed by atoms with E-state index in [1.165, 1.54) is 6.34 Å². The maximum atomic E-state index is 3.68. The van der Waals surface area contributed by atoms with Gasteiger partial charge in [0.2, 0.25) is 0 Å². The van der Waals surface area contributed by atoms with Gasteiger partial charge in [-0.25, -0.2) is 8.63 Å². The van der Waals surface area contributed by atoms with Crippen LogP contribution in [-0.2, 0) is 0 Å². The van der Waals surface area contributed by atoms with E-state index in [1.54, 1.807) is 6.21 Å². The van der Waals surface area contributed by atoms with Crippen LogP contribution < -0.4 is 3.64 Å². The standard InChI is InChI=1S/C3H6IN3/c1-2-5-3-6-7-4/h2-3,7H,1H3/b5-2?,6-3-. The molecule has 0 fully saturated rings. The highest BCUT2D eigenvalue weighted by molar-refractivity contribution is 14.1. The molecule has 0 aliphatic heterocycles. The Morgan fingerprint density at radius 3 is 2.86 bits per heavy atom. The summed E-state index contributed by atoms with van der Waals surface area (Å²) in [7, 11) is 0. The third kappa shape index (κ3) is 5.87. The van der Waals surface area contributed by atoms with Crippen molar-refractivity contribution in [1.29, 1.82) is 0 Å². The number of nitrogens with one attached hydrogen (secondary N) is 1.